The monoisotopic (exact) mass is 212 g/mol. The normalized spacial score (nSPS) is 9.75. The van der Waals surface area contributed by atoms with Crippen LogP contribution in [0, 0.1) is 11.3 Å². The highest BCUT2D eigenvalue weighted by Crippen LogP contribution is 2.21. The second-order valence-electron chi connectivity index (χ2n) is 3.19. The van der Waals surface area contributed by atoms with E-state index in [0.29, 0.717) is 10.9 Å². The van der Waals surface area contributed by atoms with Crippen molar-refractivity contribution >= 4 is 16.7 Å². The Morgan fingerprint density at radius 1 is 1.44 bits per heavy atom. The van der Waals surface area contributed by atoms with E-state index >= 15 is 0 Å². The second-order valence-corrected chi connectivity index (χ2v) is 3.19. The first-order valence-corrected chi connectivity index (χ1v) is 4.63. The molecule has 0 aliphatic carbocycles. The Hall–Kier alpha value is -2.41. The van der Waals surface area contributed by atoms with Crippen LogP contribution in [0.2, 0.25) is 0 Å². The zero-order valence-electron chi connectivity index (χ0n) is 8.60. The molecule has 1 aromatic carbocycles. The summed E-state index contributed by atoms with van der Waals surface area (Å²) in [6.45, 7) is 0. The number of pyridine rings is 1. The average Bonchev–Trinajstić information content (AvgIpc) is 2.36. The van der Waals surface area contributed by atoms with E-state index in [-0.39, 0.29) is 5.56 Å². The molecule has 0 atom stereocenters. The molecule has 1 aromatic heterocycles. The Labute approximate surface area is 92.1 Å². The van der Waals surface area contributed by atoms with Crippen molar-refractivity contribution < 1.29 is 9.53 Å². The molecular formula is C12H8N2O2. The summed E-state index contributed by atoms with van der Waals surface area (Å²) in [5.41, 5.74) is 0.572. The van der Waals surface area contributed by atoms with E-state index in [2.05, 4.69) is 9.72 Å². The minimum Gasteiger partial charge on any atom is -0.465 e. The van der Waals surface area contributed by atoms with Crippen molar-refractivity contribution in [2.45, 2.75) is 0 Å². The zero-order chi connectivity index (χ0) is 11.5. The Morgan fingerprint density at radius 3 is 2.94 bits per heavy atom. The van der Waals surface area contributed by atoms with Gasteiger partial charge in [0.2, 0.25) is 0 Å². The maximum atomic E-state index is 11.6. The third kappa shape index (κ3) is 1.48. The lowest BCUT2D eigenvalue weighted by Crippen LogP contribution is -2.05. The lowest BCUT2D eigenvalue weighted by Gasteiger charge is -2.05. The highest BCUT2D eigenvalue weighted by molar-refractivity contribution is 6.06. The van der Waals surface area contributed by atoms with Crippen LogP contribution in [0.15, 0.2) is 30.6 Å². The molecule has 0 radical (unpaired) electrons. The predicted molar refractivity (Wildman–Crippen MR) is 57.8 cm³/mol. The molecule has 2 rings (SSSR count). The van der Waals surface area contributed by atoms with Gasteiger partial charge in [0, 0.05) is 17.8 Å². The Kier molecular flexibility index (Phi) is 2.52. The molecular weight excluding hydrogens is 204 g/mol. The molecule has 1 heterocycles. The summed E-state index contributed by atoms with van der Waals surface area (Å²) in [4.78, 5) is 15.6. The standard InChI is InChI=1S/C12H8N2O2/c1-16-12(15)11-9(6-13)3-2-8-4-5-14-7-10(8)11/h2-5,7H,1H3. The van der Waals surface area contributed by atoms with Crippen LogP contribution in [0.4, 0.5) is 0 Å². The van der Waals surface area contributed by atoms with Crippen LogP contribution in [0.5, 0.6) is 0 Å². The van der Waals surface area contributed by atoms with E-state index in [9.17, 15) is 4.79 Å². The Balaban J connectivity index is 2.85. The number of hydrogen-bond donors (Lipinski definition) is 0. The summed E-state index contributed by atoms with van der Waals surface area (Å²) in [5, 5.41) is 10.4. The van der Waals surface area contributed by atoms with Crippen LogP contribution in [0.25, 0.3) is 10.8 Å². The summed E-state index contributed by atoms with van der Waals surface area (Å²) < 4.78 is 4.67. The molecule has 0 saturated heterocycles. The maximum Gasteiger partial charge on any atom is 0.339 e. The van der Waals surface area contributed by atoms with Crippen molar-refractivity contribution in [3.8, 4) is 6.07 Å². The number of nitrogens with zero attached hydrogens (tertiary/aromatic N) is 2. The molecule has 0 saturated carbocycles. The molecule has 0 N–H and O–H groups in total. The number of rotatable bonds is 1. The van der Waals surface area contributed by atoms with Crippen LogP contribution in [0.3, 0.4) is 0 Å². The highest BCUT2D eigenvalue weighted by Gasteiger charge is 2.15. The van der Waals surface area contributed by atoms with Crippen LogP contribution < -0.4 is 0 Å². The van der Waals surface area contributed by atoms with Gasteiger partial charge in [-0.1, -0.05) is 6.07 Å². The summed E-state index contributed by atoms with van der Waals surface area (Å²) in [6.07, 6.45) is 3.19. The maximum absolute atomic E-state index is 11.6. The molecule has 0 unspecified atom stereocenters. The van der Waals surface area contributed by atoms with Gasteiger partial charge in [-0.3, -0.25) is 4.98 Å². The number of fused-ring (bicyclic) bond motifs is 1. The van der Waals surface area contributed by atoms with Crippen molar-refractivity contribution in [3.05, 3.63) is 41.7 Å². The van der Waals surface area contributed by atoms with Crippen LogP contribution in [-0.4, -0.2) is 18.1 Å². The van der Waals surface area contributed by atoms with Gasteiger partial charge in [-0.05, 0) is 17.5 Å². The van der Waals surface area contributed by atoms with E-state index in [1.165, 1.54) is 7.11 Å². The quantitative estimate of drug-likeness (QED) is 0.677. The Bertz CT molecular complexity index is 599. The SMILES string of the molecule is COC(=O)c1c(C#N)ccc2ccncc12. The molecule has 78 valence electrons. The van der Waals surface area contributed by atoms with Crippen molar-refractivity contribution in [1.29, 1.82) is 5.26 Å². The third-order valence-electron chi connectivity index (χ3n) is 2.33. The van der Waals surface area contributed by atoms with E-state index < -0.39 is 5.97 Å². The van der Waals surface area contributed by atoms with Gasteiger partial charge >= 0.3 is 5.97 Å². The fraction of sp³-hybridized carbons (Fsp3) is 0.0833. The van der Waals surface area contributed by atoms with Gasteiger partial charge in [0.25, 0.3) is 0 Å². The molecule has 4 nitrogen and oxygen atoms in total. The first-order valence-electron chi connectivity index (χ1n) is 4.63. The number of carbonyl (C=O) groups is 1. The highest BCUT2D eigenvalue weighted by atomic mass is 16.5. The topological polar surface area (TPSA) is 63.0 Å². The lowest BCUT2D eigenvalue weighted by molar-refractivity contribution is 0.0602. The number of methoxy groups -OCH3 is 1. The number of carbonyl (C=O) groups excluding carboxylic acids is 1. The Morgan fingerprint density at radius 2 is 2.25 bits per heavy atom. The van der Waals surface area contributed by atoms with Crippen LogP contribution in [0.1, 0.15) is 15.9 Å². The zero-order valence-corrected chi connectivity index (χ0v) is 8.60. The summed E-state index contributed by atoms with van der Waals surface area (Å²) >= 11 is 0. The molecule has 0 fully saturated rings. The smallest absolute Gasteiger partial charge is 0.339 e. The summed E-state index contributed by atoms with van der Waals surface area (Å²) in [5.74, 6) is -0.518. The number of hydrogen-bond acceptors (Lipinski definition) is 4. The van der Waals surface area contributed by atoms with E-state index in [4.69, 9.17) is 5.26 Å². The molecule has 0 amide bonds. The molecule has 0 spiro atoms. The number of aromatic nitrogens is 1. The van der Waals surface area contributed by atoms with Crippen LogP contribution >= 0.6 is 0 Å². The number of ether oxygens (including phenoxy) is 1. The van der Waals surface area contributed by atoms with Crippen molar-refractivity contribution in [3.63, 3.8) is 0 Å². The molecule has 0 aliphatic rings. The second kappa shape index (κ2) is 3.99. The average molecular weight is 212 g/mol. The fourth-order valence-electron chi connectivity index (χ4n) is 1.58. The van der Waals surface area contributed by atoms with Gasteiger partial charge in [-0.15, -0.1) is 0 Å². The van der Waals surface area contributed by atoms with E-state index in [1.807, 2.05) is 6.07 Å². The lowest BCUT2D eigenvalue weighted by atomic mass is 10.0. The minimum absolute atomic E-state index is 0.274. The first kappa shape index (κ1) is 10.1. The molecule has 16 heavy (non-hydrogen) atoms. The van der Waals surface area contributed by atoms with Gasteiger partial charge in [0.15, 0.2) is 0 Å². The third-order valence-corrected chi connectivity index (χ3v) is 2.33. The molecule has 0 aliphatic heterocycles. The van der Waals surface area contributed by atoms with Gasteiger partial charge < -0.3 is 4.74 Å². The van der Waals surface area contributed by atoms with Crippen molar-refractivity contribution in [2.24, 2.45) is 0 Å². The number of esters is 1. The largest absolute Gasteiger partial charge is 0.465 e. The minimum atomic E-state index is -0.518. The van der Waals surface area contributed by atoms with Gasteiger partial charge in [0.1, 0.15) is 6.07 Å². The summed E-state index contributed by atoms with van der Waals surface area (Å²) in [6, 6.07) is 7.14. The van der Waals surface area contributed by atoms with Gasteiger partial charge in [-0.25, -0.2) is 4.79 Å². The van der Waals surface area contributed by atoms with Crippen molar-refractivity contribution in [2.75, 3.05) is 7.11 Å². The van der Waals surface area contributed by atoms with E-state index in [1.54, 1.807) is 30.6 Å². The summed E-state index contributed by atoms with van der Waals surface area (Å²) in [7, 11) is 1.29. The number of nitriles is 1. The predicted octanol–water partition coefficient (Wildman–Crippen LogP) is 1.89. The number of benzene rings is 1. The van der Waals surface area contributed by atoms with Crippen molar-refractivity contribution in [1.82, 2.24) is 4.98 Å². The van der Waals surface area contributed by atoms with Crippen LogP contribution in [-0.2, 0) is 4.74 Å². The fourth-order valence-corrected chi connectivity index (χ4v) is 1.58. The molecule has 2 aromatic rings. The molecule has 4 heteroatoms. The van der Waals surface area contributed by atoms with Gasteiger partial charge in [0.05, 0.1) is 18.2 Å². The van der Waals surface area contributed by atoms with Gasteiger partial charge in [-0.2, -0.15) is 5.26 Å². The molecule has 0 bridgehead atoms. The van der Waals surface area contributed by atoms with E-state index in [0.717, 1.165) is 5.39 Å². The first-order chi connectivity index (χ1) is 7.77.